The number of aliphatic hydroxyl groups excluding tert-OH is 1. The first-order valence-corrected chi connectivity index (χ1v) is 5.08. The van der Waals surface area contributed by atoms with E-state index >= 15 is 0 Å². The Bertz CT molecular complexity index is 527. The Morgan fingerprint density at radius 3 is 2.94 bits per heavy atom. The molecular weight excluding hydrogens is 225 g/mol. The zero-order valence-electron chi connectivity index (χ0n) is 9.22. The highest BCUT2D eigenvalue weighted by molar-refractivity contribution is 5.53. The van der Waals surface area contributed by atoms with Crippen LogP contribution in [0.1, 0.15) is 17.4 Å². The molecule has 0 radical (unpaired) electrons. The normalized spacial score (nSPS) is 12.7. The van der Waals surface area contributed by atoms with Gasteiger partial charge in [-0.3, -0.25) is 0 Å². The molecule has 0 aliphatic carbocycles. The lowest BCUT2D eigenvalue weighted by Crippen LogP contribution is -2.15. The highest BCUT2D eigenvalue weighted by atomic mass is 19.1. The summed E-state index contributed by atoms with van der Waals surface area (Å²) in [5.74, 6) is 0.0417. The molecule has 0 aliphatic heterocycles. The minimum atomic E-state index is -0.692. The van der Waals surface area contributed by atoms with E-state index in [0.29, 0.717) is 11.1 Å². The highest BCUT2D eigenvalue weighted by Crippen LogP contribution is 2.21. The summed E-state index contributed by atoms with van der Waals surface area (Å²) in [6.07, 6.45) is 0. The van der Waals surface area contributed by atoms with Crippen LogP contribution in [0, 0.1) is 12.7 Å². The third kappa shape index (κ3) is 2.32. The van der Waals surface area contributed by atoms with E-state index in [2.05, 4.69) is 10.1 Å². The van der Waals surface area contributed by atoms with Crippen LogP contribution in [0.4, 0.5) is 4.39 Å². The van der Waals surface area contributed by atoms with Crippen LogP contribution in [0.25, 0.3) is 11.5 Å². The summed E-state index contributed by atoms with van der Waals surface area (Å²) < 4.78 is 18.3. The third-order valence-corrected chi connectivity index (χ3v) is 2.39. The second kappa shape index (κ2) is 4.60. The van der Waals surface area contributed by atoms with E-state index in [0.717, 1.165) is 0 Å². The van der Waals surface area contributed by atoms with Crippen LogP contribution >= 0.6 is 0 Å². The van der Waals surface area contributed by atoms with Crippen LogP contribution in [0.2, 0.25) is 0 Å². The van der Waals surface area contributed by atoms with Gasteiger partial charge in [-0.15, -0.1) is 0 Å². The number of aliphatic hydroxyl groups is 1. The zero-order chi connectivity index (χ0) is 12.4. The molecule has 0 aliphatic rings. The van der Waals surface area contributed by atoms with E-state index in [-0.39, 0.29) is 24.1 Å². The molecule has 17 heavy (non-hydrogen) atoms. The van der Waals surface area contributed by atoms with Crippen LogP contribution < -0.4 is 5.73 Å². The molecular formula is C11H12FN3O2. The number of halogens is 1. The van der Waals surface area contributed by atoms with Crippen LogP contribution in [0.15, 0.2) is 22.7 Å². The zero-order valence-corrected chi connectivity index (χ0v) is 9.22. The van der Waals surface area contributed by atoms with Crippen LogP contribution in [-0.4, -0.2) is 21.9 Å². The van der Waals surface area contributed by atoms with Crippen molar-refractivity contribution in [3.8, 4) is 11.5 Å². The van der Waals surface area contributed by atoms with E-state index in [1.807, 2.05) is 0 Å². The Morgan fingerprint density at radius 2 is 2.29 bits per heavy atom. The van der Waals surface area contributed by atoms with Crippen molar-refractivity contribution in [2.75, 3.05) is 6.61 Å². The Hall–Kier alpha value is -1.79. The number of hydrogen-bond acceptors (Lipinski definition) is 5. The fraction of sp³-hybridized carbons (Fsp3) is 0.273. The average molecular weight is 237 g/mol. The molecule has 90 valence electrons. The van der Waals surface area contributed by atoms with E-state index in [1.54, 1.807) is 19.1 Å². The van der Waals surface area contributed by atoms with Gasteiger partial charge in [0.2, 0.25) is 0 Å². The maximum Gasteiger partial charge on any atom is 0.258 e. The quantitative estimate of drug-likeness (QED) is 0.837. The minimum Gasteiger partial charge on any atom is -0.394 e. The van der Waals surface area contributed by atoms with Crippen molar-refractivity contribution in [3.63, 3.8) is 0 Å². The first kappa shape index (κ1) is 11.7. The topological polar surface area (TPSA) is 85.2 Å². The van der Waals surface area contributed by atoms with Gasteiger partial charge in [0.15, 0.2) is 5.82 Å². The first-order chi connectivity index (χ1) is 8.11. The lowest BCUT2D eigenvalue weighted by molar-refractivity contribution is 0.260. The van der Waals surface area contributed by atoms with Gasteiger partial charge in [-0.25, -0.2) is 4.39 Å². The molecule has 2 rings (SSSR count). The van der Waals surface area contributed by atoms with E-state index < -0.39 is 6.04 Å². The number of rotatable bonds is 3. The number of nitrogens with zero attached hydrogens (tertiary/aromatic N) is 2. The smallest absolute Gasteiger partial charge is 0.258 e. The van der Waals surface area contributed by atoms with E-state index in [1.165, 1.54) is 6.07 Å². The van der Waals surface area contributed by atoms with E-state index in [9.17, 15) is 4.39 Å². The molecule has 3 N–H and O–H groups in total. The van der Waals surface area contributed by atoms with Gasteiger partial charge < -0.3 is 15.4 Å². The molecule has 1 heterocycles. The fourth-order valence-corrected chi connectivity index (χ4v) is 1.31. The monoisotopic (exact) mass is 237 g/mol. The summed E-state index contributed by atoms with van der Waals surface area (Å²) in [4.78, 5) is 3.99. The van der Waals surface area contributed by atoms with Gasteiger partial charge in [0, 0.05) is 5.56 Å². The summed E-state index contributed by atoms with van der Waals surface area (Å²) in [5, 5.41) is 12.5. The number of hydrogen-bond donors (Lipinski definition) is 2. The SMILES string of the molecule is Cc1ccc(-c2nc(C(N)CO)no2)cc1F. The minimum absolute atomic E-state index is 0.183. The third-order valence-electron chi connectivity index (χ3n) is 2.39. The summed E-state index contributed by atoms with van der Waals surface area (Å²) in [5.41, 5.74) is 6.56. The molecule has 0 saturated heterocycles. The molecule has 0 saturated carbocycles. The molecule has 0 amide bonds. The maximum absolute atomic E-state index is 13.3. The predicted octanol–water partition coefficient (Wildman–Crippen LogP) is 1.18. The lowest BCUT2D eigenvalue weighted by atomic mass is 10.1. The van der Waals surface area contributed by atoms with Crippen molar-refractivity contribution in [3.05, 3.63) is 35.4 Å². The number of benzene rings is 1. The lowest BCUT2D eigenvalue weighted by Gasteiger charge is -1.99. The average Bonchev–Trinajstić information content (AvgIpc) is 2.81. The predicted molar refractivity (Wildman–Crippen MR) is 58.4 cm³/mol. The molecule has 5 nitrogen and oxygen atoms in total. The van der Waals surface area contributed by atoms with Crippen molar-refractivity contribution in [1.82, 2.24) is 10.1 Å². The molecule has 0 fully saturated rings. The molecule has 1 aromatic heterocycles. The fourth-order valence-electron chi connectivity index (χ4n) is 1.31. The van der Waals surface area contributed by atoms with Crippen LogP contribution in [-0.2, 0) is 0 Å². The van der Waals surface area contributed by atoms with Gasteiger partial charge in [-0.05, 0) is 24.6 Å². The van der Waals surface area contributed by atoms with Crippen molar-refractivity contribution < 1.29 is 14.0 Å². The second-order valence-corrected chi connectivity index (χ2v) is 3.71. The van der Waals surface area contributed by atoms with Crippen LogP contribution in [0.3, 0.4) is 0 Å². The highest BCUT2D eigenvalue weighted by Gasteiger charge is 2.15. The maximum atomic E-state index is 13.3. The number of nitrogens with two attached hydrogens (primary N) is 1. The molecule has 6 heteroatoms. The van der Waals surface area contributed by atoms with Crippen molar-refractivity contribution in [2.45, 2.75) is 13.0 Å². The molecule has 2 aromatic rings. The van der Waals surface area contributed by atoms with Gasteiger partial charge in [-0.1, -0.05) is 11.2 Å². The summed E-state index contributed by atoms with van der Waals surface area (Å²) in [7, 11) is 0. The second-order valence-electron chi connectivity index (χ2n) is 3.71. The molecule has 1 atom stereocenters. The first-order valence-electron chi connectivity index (χ1n) is 5.08. The largest absolute Gasteiger partial charge is 0.394 e. The van der Waals surface area contributed by atoms with Crippen molar-refractivity contribution in [1.29, 1.82) is 0 Å². The Morgan fingerprint density at radius 1 is 1.53 bits per heavy atom. The summed E-state index contributed by atoms with van der Waals surface area (Å²) in [6, 6.07) is 3.93. The Labute approximate surface area is 97.1 Å². The Kier molecular flexibility index (Phi) is 3.16. The standard InChI is InChI=1S/C11H12FN3O2/c1-6-2-3-7(4-8(6)12)11-14-10(15-17-11)9(13)5-16/h2-4,9,16H,5,13H2,1H3. The van der Waals surface area contributed by atoms with E-state index in [4.69, 9.17) is 15.4 Å². The van der Waals surface area contributed by atoms with Gasteiger partial charge in [0.1, 0.15) is 5.82 Å². The van der Waals surface area contributed by atoms with Crippen molar-refractivity contribution >= 4 is 0 Å². The summed E-state index contributed by atoms with van der Waals surface area (Å²) >= 11 is 0. The molecule has 0 spiro atoms. The van der Waals surface area contributed by atoms with Crippen molar-refractivity contribution in [2.24, 2.45) is 5.73 Å². The van der Waals surface area contributed by atoms with Gasteiger partial charge in [0.05, 0.1) is 12.6 Å². The Balaban J connectivity index is 2.33. The number of aryl methyl sites for hydroxylation is 1. The molecule has 1 aromatic carbocycles. The molecule has 0 bridgehead atoms. The summed E-state index contributed by atoms with van der Waals surface area (Å²) in [6.45, 7) is 1.39. The van der Waals surface area contributed by atoms with Gasteiger partial charge >= 0.3 is 0 Å². The van der Waals surface area contributed by atoms with Gasteiger partial charge in [0.25, 0.3) is 5.89 Å². The van der Waals surface area contributed by atoms with Gasteiger partial charge in [-0.2, -0.15) is 4.98 Å². The number of aromatic nitrogens is 2. The van der Waals surface area contributed by atoms with Crippen LogP contribution in [0.5, 0.6) is 0 Å². The molecule has 1 unspecified atom stereocenters.